The van der Waals surface area contributed by atoms with Crippen LogP contribution in [0.5, 0.6) is 0 Å². The van der Waals surface area contributed by atoms with Crippen molar-refractivity contribution in [3.8, 4) is 0 Å². The summed E-state index contributed by atoms with van der Waals surface area (Å²) in [5.41, 5.74) is 0.167. The van der Waals surface area contributed by atoms with Crippen LogP contribution < -0.4 is 15.4 Å². The number of nitrogens with one attached hydrogen (secondary N) is 3. The number of benzene rings is 1. The molecule has 1 amide bonds. The molecule has 0 radical (unpaired) electrons. The van der Waals surface area contributed by atoms with Crippen molar-refractivity contribution in [2.75, 3.05) is 29.4 Å². The molecule has 0 spiro atoms. The van der Waals surface area contributed by atoms with Gasteiger partial charge in [-0.1, -0.05) is 6.92 Å². The van der Waals surface area contributed by atoms with Gasteiger partial charge in [-0.3, -0.25) is 9.52 Å². The highest BCUT2D eigenvalue weighted by atomic mass is 32.2. The van der Waals surface area contributed by atoms with Crippen LogP contribution in [0.4, 0.5) is 15.8 Å². The van der Waals surface area contributed by atoms with Crippen LogP contribution in [-0.2, 0) is 14.8 Å². The standard InChI is InChI=1S/C13H18FN3O3S/c1-8(9-6-15-7-9)13(18)16-10-3-4-11(14)12(5-10)17-21(2,19)20/h3-5,8-9,15,17H,6-7H2,1-2H3,(H,16,18). The fraction of sp³-hybridized carbons (Fsp3) is 0.462. The van der Waals surface area contributed by atoms with Crippen LogP contribution in [0.1, 0.15) is 6.92 Å². The lowest BCUT2D eigenvalue weighted by Gasteiger charge is -2.31. The van der Waals surface area contributed by atoms with E-state index < -0.39 is 15.8 Å². The summed E-state index contributed by atoms with van der Waals surface area (Å²) in [5.74, 6) is -0.741. The molecule has 1 fully saturated rings. The monoisotopic (exact) mass is 315 g/mol. The number of rotatable bonds is 5. The highest BCUT2D eigenvalue weighted by Crippen LogP contribution is 2.23. The molecule has 1 heterocycles. The summed E-state index contributed by atoms with van der Waals surface area (Å²) in [6.07, 6.45) is 0.934. The minimum atomic E-state index is -3.58. The highest BCUT2D eigenvalue weighted by molar-refractivity contribution is 7.92. The Kier molecular flexibility index (Phi) is 4.48. The van der Waals surface area contributed by atoms with Crippen molar-refractivity contribution < 1.29 is 17.6 Å². The number of carbonyl (C=O) groups excluding carboxylic acids is 1. The first-order valence-corrected chi connectivity index (χ1v) is 8.44. The molecular formula is C13H18FN3O3S. The molecule has 8 heteroatoms. The van der Waals surface area contributed by atoms with Gasteiger partial charge in [0.2, 0.25) is 15.9 Å². The number of anilines is 2. The molecule has 1 aromatic carbocycles. The molecule has 3 N–H and O–H groups in total. The highest BCUT2D eigenvalue weighted by Gasteiger charge is 2.28. The molecule has 116 valence electrons. The fourth-order valence-electron chi connectivity index (χ4n) is 2.02. The van der Waals surface area contributed by atoms with Gasteiger partial charge < -0.3 is 10.6 Å². The third-order valence-corrected chi connectivity index (χ3v) is 4.05. The fourth-order valence-corrected chi connectivity index (χ4v) is 2.57. The summed E-state index contributed by atoms with van der Waals surface area (Å²) >= 11 is 0. The average molecular weight is 315 g/mol. The zero-order chi connectivity index (χ0) is 15.6. The molecule has 1 saturated heterocycles. The minimum Gasteiger partial charge on any atom is -0.326 e. The molecule has 1 aliphatic rings. The summed E-state index contributed by atoms with van der Waals surface area (Å²) in [4.78, 5) is 12.1. The van der Waals surface area contributed by atoms with Gasteiger partial charge >= 0.3 is 0 Å². The van der Waals surface area contributed by atoms with Crippen molar-refractivity contribution in [3.63, 3.8) is 0 Å². The van der Waals surface area contributed by atoms with Gasteiger partial charge in [0.15, 0.2) is 0 Å². The molecule has 1 aliphatic heterocycles. The van der Waals surface area contributed by atoms with E-state index in [1.54, 1.807) is 0 Å². The summed E-state index contributed by atoms with van der Waals surface area (Å²) in [6.45, 7) is 3.44. The van der Waals surface area contributed by atoms with E-state index in [1.807, 2.05) is 6.92 Å². The van der Waals surface area contributed by atoms with Crippen molar-refractivity contribution in [2.45, 2.75) is 6.92 Å². The van der Waals surface area contributed by atoms with E-state index in [2.05, 4.69) is 15.4 Å². The first-order valence-electron chi connectivity index (χ1n) is 6.55. The Labute approximate surface area is 123 Å². The molecule has 1 unspecified atom stereocenters. The average Bonchev–Trinajstić information content (AvgIpc) is 2.29. The van der Waals surface area contributed by atoms with Crippen LogP contribution in [0, 0.1) is 17.7 Å². The number of hydrogen-bond acceptors (Lipinski definition) is 4. The zero-order valence-electron chi connectivity index (χ0n) is 11.8. The molecule has 1 atom stereocenters. The Balaban J connectivity index is 2.09. The van der Waals surface area contributed by atoms with Crippen molar-refractivity contribution in [1.82, 2.24) is 5.32 Å². The predicted molar refractivity (Wildman–Crippen MR) is 79.0 cm³/mol. The number of sulfonamides is 1. The smallest absolute Gasteiger partial charge is 0.229 e. The Bertz CT molecular complexity index is 644. The zero-order valence-corrected chi connectivity index (χ0v) is 12.6. The molecule has 6 nitrogen and oxygen atoms in total. The molecule has 0 aromatic heterocycles. The van der Waals surface area contributed by atoms with Gasteiger partial charge in [-0.25, -0.2) is 12.8 Å². The second kappa shape index (κ2) is 5.98. The second-order valence-corrected chi connectivity index (χ2v) is 7.01. The summed E-state index contributed by atoms with van der Waals surface area (Å²) in [7, 11) is -3.58. The van der Waals surface area contributed by atoms with Crippen LogP contribution in [-0.4, -0.2) is 33.7 Å². The summed E-state index contributed by atoms with van der Waals surface area (Å²) in [6, 6.07) is 3.77. The van der Waals surface area contributed by atoms with Crippen LogP contribution in [0.25, 0.3) is 0 Å². The summed E-state index contributed by atoms with van der Waals surface area (Å²) < 4.78 is 37.9. The molecule has 0 bridgehead atoms. The van der Waals surface area contributed by atoms with Crippen LogP contribution >= 0.6 is 0 Å². The molecule has 1 aromatic rings. The van der Waals surface area contributed by atoms with Gasteiger partial charge in [0.1, 0.15) is 5.82 Å². The van der Waals surface area contributed by atoms with E-state index in [0.717, 1.165) is 25.4 Å². The predicted octanol–water partition coefficient (Wildman–Crippen LogP) is 0.991. The van der Waals surface area contributed by atoms with Crippen molar-refractivity contribution in [3.05, 3.63) is 24.0 Å². The Morgan fingerprint density at radius 3 is 2.62 bits per heavy atom. The first kappa shape index (κ1) is 15.7. The number of halogens is 1. The van der Waals surface area contributed by atoms with E-state index in [1.165, 1.54) is 12.1 Å². The number of amides is 1. The molecule has 21 heavy (non-hydrogen) atoms. The molecule has 2 rings (SSSR count). The van der Waals surface area contributed by atoms with E-state index in [-0.39, 0.29) is 17.5 Å². The van der Waals surface area contributed by atoms with Crippen molar-refractivity contribution in [1.29, 1.82) is 0 Å². The number of carbonyl (C=O) groups is 1. The maximum Gasteiger partial charge on any atom is 0.229 e. The Morgan fingerprint density at radius 1 is 1.43 bits per heavy atom. The van der Waals surface area contributed by atoms with Crippen LogP contribution in [0.15, 0.2) is 18.2 Å². The summed E-state index contributed by atoms with van der Waals surface area (Å²) in [5, 5.41) is 5.77. The minimum absolute atomic E-state index is 0.164. The van der Waals surface area contributed by atoms with E-state index in [4.69, 9.17) is 0 Å². The van der Waals surface area contributed by atoms with Crippen molar-refractivity contribution >= 4 is 27.3 Å². The van der Waals surface area contributed by atoms with Gasteiger partial charge in [0.25, 0.3) is 0 Å². The lowest BCUT2D eigenvalue weighted by molar-refractivity contribution is -0.121. The Morgan fingerprint density at radius 2 is 2.10 bits per heavy atom. The molecular weight excluding hydrogens is 297 g/mol. The first-order chi connectivity index (χ1) is 9.76. The largest absolute Gasteiger partial charge is 0.326 e. The lowest BCUT2D eigenvalue weighted by atomic mass is 9.88. The van der Waals surface area contributed by atoms with Gasteiger partial charge in [-0.15, -0.1) is 0 Å². The van der Waals surface area contributed by atoms with Gasteiger partial charge in [0.05, 0.1) is 11.9 Å². The SMILES string of the molecule is CC(C(=O)Nc1ccc(F)c(NS(C)(=O)=O)c1)C1CNC1. The molecule has 0 saturated carbocycles. The molecule has 0 aliphatic carbocycles. The van der Waals surface area contributed by atoms with Crippen molar-refractivity contribution in [2.24, 2.45) is 11.8 Å². The Hall–Kier alpha value is -1.67. The van der Waals surface area contributed by atoms with E-state index in [0.29, 0.717) is 11.6 Å². The van der Waals surface area contributed by atoms with E-state index in [9.17, 15) is 17.6 Å². The maximum absolute atomic E-state index is 13.5. The number of hydrogen-bond donors (Lipinski definition) is 3. The van der Waals surface area contributed by atoms with Crippen LogP contribution in [0.2, 0.25) is 0 Å². The lowest BCUT2D eigenvalue weighted by Crippen LogP contribution is -2.48. The normalized spacial score (nSPS) is 16.9. The maximum atomic E-state index is 13.5. The van der Waals surface area contributed by atoms with Gasteiger partial charge in [-0.2, -0.15) is 0 Å². The quantitative estimate of drug-likeness (QED) is 0.756. The van der Waals surface area contributed by atoms with E-state index >= 15 is 0 Å². The van der Waals surface area contributed by atoms with Crippen LogP contribution in [0.3, 0.4) is 0 Å². The third-order valence-electron chi connectivity index (χ3n) is 3.46. The van der Waals surface area contributed by atoms with Gasteiger partial charge in [0, 0.05) is 11.6 Å². The van der Waals surface area contributed by atoms with Gasteiger partial charge in [-0.05, 0) is 37.2 Å². The second-order valence-electron chi connectivity index (χ2n) is 5.27. The third kappa shape index (κ3) is 4.15. The topological polar surface area (TPSA) is 87.3 Å².